The van der Waals surface area contributed by atoms with Gasteiger partial charge in [0.1, 0.15) is 0 Å². The zero-order chi connectivity index (χ0) is 32.3. The molecule has 0 fully saturated rings. The fraction of sp³-hybridized carbons (Fsp3) is 0.561. The van der Waals surface area contributed by atoms with Crippen molar-refractivity contribution in [2.24, 2.45) is 0 Å². The summed E-state index contributed by atoms with van der Waals surface area (Å²) in [4.78, 5) is 0. The molecule has 1 heteroatoms. The lowest BCUT2D eigenvalue weighted by Gasteiger charge is -2.17. The maximum atomic E-state index is 2.45. The van der Waals surface area contributed by atoms with Crippen molar-refractivity contribution in [3.8, 4) is 0 Å². The van der Waals surface area contributed by atoms with Crippen molar-refractivity contribution in [2.45, 2.75) is 152 Å². The van der Waals surface area contributed by atoms with Crippen LogP contribution in [0.3, 0.4) is 0 Å². The molecule has 3 rings (SSSR count). The summed E-state index contributed by atoms with van der Waals surface area (Å²) in [7, 11) is -0.518. The highest BCUT2D eigenvalue weighted by atomic mass is 28.3. The van der Waals surface area contributed by atoms with Gasteiger partial charge in [0.25, 0.3) is 0 Å². The topological polar surface area (TPSA) is 0 Å². The predicted molar refractivity (Wildman–Crippen MR) is 196 cm³/mol. The van der Waals surface area contributed by atoms with Crippen LogP contribution in [0.5, 0.6) is 0 Å². The summed E-state index contributed by atoms with van der Waals surface area (Å²) in [6.45, 7) is 36.4. The fourth-order valence-corrected chi connectivity index (χ4v) is 6.81. The van der Waals surface area contributed by atoms with Crippen LogP contribution in [0.1, 0.15) is 169 Å². The molecule has 0 unspecified atom stereocenters. The minimum atomic E-state index is -0.518. The third-order valence-corrected chi connectivity index (χ3v) is 9.51. The first kappa shape index (κ1) is 37.9. The lowest BCUT2D eigenvalue weighted by molar-refractivity contribution is 0.832. The Hall–Kier alpha value is -2.12. The summed E-state index contributed by atoms with van der Waals surface area (Å²) < 4.78 is 0. The van der Waals surface area contributed by atoms with Crippen LogP contribution in [-0.2, 0) is 6.04 Å². The zero-order valence-corrected chi connectivity index (χ0v) is 31.6. The van der Waals surface area contributed by atoms with Gasteiger partial charge in [-0.3, -0.25) is 0 Å². The highest BCUT2D eigenvalue weighted by Crippen LogP contribution is 2.26. The number of rotatable bonds is 8. The highest BCUT2D eigenvalue weighted by molar-refractivity contribution is 6.55. The van der Waals surface area contributed by atoms with Crippen LogP contribution in [0.2, 0.25) is 13.1 Å². The van der Waals surface area contributed by atoms with Crippen molar-refractivity contribution in [3.63, 3.8) is 0 Å². The molecule has 0 atom stereocenters. The molecule has 0 bridgehead atoms. The fourth-order valence-electron chi connectivity index (χ4n) is 5.58. The Bertz CT molecular complexity index is 1150. The lowest BCUT2D eigenvalue weighted by atomic mass is 9.93. The second-order valence-electron chi connectivity index (χ2n) is 14.7. The Morgan fingerprint density at radius 2 is 0.738 bits per heavy atom. The second kappa shape index (κ2) is 17.9. The third-order valence-electron chi connectivity index (χ3n) is 8.25. The van der Waals surface area contributed by atoms with Gasteiger partial charge in [0.15, 0.2) is 0 Å². The molecular weight excluding hydrogens is 521 g/mol. The van der Waals surface area contributed by atoms with E-state index < -0.39 is 8.80 Å². The summed E-state index contributed by atoms with van der Waals surface area (Å²) >= 11 is 0. The molecule has 0 aliphatic heterocycles. The summed E-state index contributed by atoms with van der Waals surface area (Å²) in [5.74, 6) is 3.86. The SMILES string of the molecule is CC(C)c1ccc(C(C)C)c(C[SiH](C)C)c1.Cc1cc(C(C)C)ccc1C(C)C.Cc1cc(C(C)C)ccc1C(C)C. The molecule has 0 nitrogen and oxygen atoms in total. The Labute approximate surface area is 264 Å². The predicted octanol–water partition coefficient (Wildman–Crippen LogP) is 13.0. The normalized spacial score (nSPS) is 11.5. The molecule has 0 saturated carbocycles. The second-order valence-corrected chi connectivity index (χ2v) is 17.9. The molecule has 0 aliphatic carbocycles. The summed E-state index contributed by atoms with van der Waals surface area (Å²) in [5.41, 5.74) is 13.4. The lowest BCUT2D eigenvalue weighted by Crippen LogP contribution is -2.09. The van der Waals surface area contributed by atoms with E-state index >= 15 is 0 Å². The molecule has 0 aliphatic rings. The van der Waals surface area contributed by atoms with Gasteiger partial charge in [0, 0.05) is 8.80 Å². The van der Waals surface area contributed by atoms with E-state index in [9.17, 15) is 0 Å². The monoisotopic (exact) mass is 586 g/mol. The molecule has 0 heterocycles. The van der Waals surface area contributed by atoms with E-state index in [-0.39, 0.29) is 0 Å². The summed E-state index contributed by atoms with van der Waals surface area (Å²) in [6, 6.07) is 22.2. The molecule has 3 aromatic rings. The van der Waals surface area contributed by atoms with Crippen LogP contribution >= 0.6 is 0 Å². The minimum absolute atomic E-state index is 0.518. The molecule has 0 aromatic heterocycles. The minimum Gasteiger partial charge on any atom is -0.0719 e. The van der Waals surface area contributed by atoms with Crippen LogP contribution in [0, 0.1) is 13.8 Å². The smallest absolute Gasteiger partial charge is 0.0352 e. The maximum Gasteiger partial charge on any atom is 0.0352 e. The van der Waals surface area contributed by atoms with Crippen LogP contribution in [0.25, 0.3) is 0 Å². The van der Waals surface area contributed by atoms with Crippen molar-refractivity contribution < 1.29 is 0 Å². The van der Waals surface area contributed by atoms with Crippen molar-refractivity contribution in [3.05, 3.63) is 105 Å². The average Bonchev–Trinajstić information content (AvgIpc) is 2.88. The van der Waals surface area contributed by atoms with Crippen LogP contribution < -0.4 is 0 Å². The average molecular weight is 587 g/mol. The van der Waals surface area contributed by atoms with Gasteiger partial charge in [-0.25, -0.2) is 0 Å². The summed E-state index contributed by atoms with van der Waals surface area (Å²) in [5, 5.41) is 0. The largest absolute Gasteiger partial charge is 0.0719 e. The van der Waals surface area contributed by atoms with E-state index in [1.54, 1.807) is 11.1 Å². The Kier molecular flexibility index (Phi) is 16.1. The Morgan fingerprint density at radius 1 is 0.429 bits per heavy atom. The van der Waals surface area contributed by atoms with E-state index in [1.165, 1.54) is 45.0 Å². The number of hydrogen-bond donors (Lipinski definition) is 0. The number of hydrogen-bond acceptors (Lipinski definition) is 0. The maximum absolute atomic E-state index is 2.45. The number of aryl methyl sites for hydroxylation is 2. The molecule has 3 aromatic carbocycles. The number of benzene rings is 3. The van der Waals surface area contributed by atoms with Gasteiger partial charge in [0.05, 0.1) is 0 Å². The van der Waals surface area contributed by atoms with E-state index in [2.05, 4.69) is 165 Å². The zero-order valence-electron chi connectivity index (χ0n) is 30.4. The molecule has 0 N–H and O–H groups in total. The summed E-state index contributed by atoms with van der Waals surface area (Å²) in [6.07, 6.45) is 0. The molecule has 0 saturated heterocycles. The molecule has 0 spiro atoms. The van der Waals surface area contributed by atoms with E-state index in [4.69, 9.17) is 0 Å². The first-order chi connectivity index (χ1) is 19.5. The van der Waals surface area contributed by atoms with Gasteiger partial charge in [-0.15, -0.1) is 0 Å². The van der Waals surface area contributed by atoms with Crippen LogP contribution in [-0.4, -0.2) is 8.80 Å². The first-order valence-electron chi connectivity index (χ1n) is 16.8. The van der Waals surface area contributed by atoms with Crippen LogP contribution in [0.15, 0.2) is 54.6 Å². The van der Waals surface area contributed by atoms with Gasteiger partial charge < -0.3 is 0 Å². The Balaban J connectivity index is 0.000000318. The molecular formula is C41H66Si. The molecule has 0 radical (unpaired) electrons. The quantitative estimate of drug-likeness (QED) is 0.230. The third kappa shape index (κ3) is 12.2. The van der Waals surface area contributed by atoms with Crippen LogP contribution in [0.4, 0.5) is 0 Å². The molecule has 234 valence electrons. The van der Waals surface area contributed by atoms with Gasteiger partial charge in [-0.2, -0.15) is 0 Å². The van der Waals surface area contributed by atoms with E-state index in [0.717, 1.165) is 0 Å². The van der Waals surface area contributed by atoms with Gasteiger partial charge in [0.2, 0.25) is 0 Å². The Morgan fingerprint density at radius 3 is 1.00 bits per heavy atom. The van der Waals surface area contributed by atoms with Crippen molar-refractivity contribution >= 4 is 8.80 Å². The van der Waals surface area contributed by atoms with Gasteiger partial charge >= 0.3 is 0 Å². The van der Waals surface area contributed by atoms with Gasteiger partial charge in [-0.1, -0.05) is 151 Å². The first-order valence-corrected chi connectivity index (χ1v) is 19.9. The van der Waals surface area contributed by atoms with E-state index in [0.29, 0.717) is 35.5 Å². The molecule has 42 heavy (non-hydrogen) atoms. The highest BCUT2D eigenvalue weighted by Gasteiger charge is 2.11. The standard InChI is InChI=1S/C15H26Si.2C13H20/c1-11(2)13-7-8-15(12(3)4)14(9-13)10-16(5)6;2*1-9(2)12-6-7-13(10(3)4)11(5)8-12/h7-9,11-12,16H,10H2,1-6H3;2*6-10H,1-5H3. The van der Waals surface area contributed by atoms with Crippen molar-refractivity contribution in [1.82, 2.24) is 0 Å². The van der Waals surface area contributed by atoms with E-state index in [1.807, 2.05) is 0 Å². The van der Waals surface area contributed by atoms with Crippen molar-refractivity contribution in [2.75, 3.05) is 0 Å². The van der Waals surface area contributed by atoms with Gasteiger partial charge in [-0.05, 0) is 105 Å². The van der Waals surface area contributed by atoms with Crippen molar-refractivity contribution in [1.29, 1.82) is 0 Å². The molecule has 0 amide bonds.